The number of ether oxygens (including phenoxy) is 3. The van der Waals surface area contributed by atoms with Crippen LogP contribution < -0.4 is 25.4 Å². The SMILES string of the molecule is COc1cccc(OCCOc2cccc(/C=N/NC(N)=S)c2)c1. The van der Waals surface area contributed by atoms with Crippen molar-refractivity contribution in [2.75, 3.05) is 20.3 Å². The monoisotopic (exact) mass is 345 g/mol. The molecule has 0 bridgehead atoms. The molecule has 0 aliphatic carbocycles. The molecule has 0 aliphatic rings. The first-order valence-corrected chi connectivity index (χ1v) is 7.66. The lowest BCUT2D eigenvalue weighted by Crippen LogP contribution is -2.23. The Morgan fingerprint density at radius 2 is 1.71 bits per heavy atom. The number of hydrogen-bond donors (Lipinski definition) is 2. The smallest absolute Gasteiger partial charge is 0.184 e. The van der Waals surface area contributed by atoms with Gasteiger partial charge in [-0.25, -0.2) is 0 Å². The minimum absolute atomic E-state index is 0.119. The van der Waals surface area contributed by atoms with Gasteiger partial charge in [-0.1, -0.05) is 18.2 Å². The van der Waals surface area contributed by atoms with E-state index in [4.69, 9.17) is 19.9 Å². The molecule has 2 aromatic carbocycles. The van der Waals surface area contributed by atoms with Crippen molar-refractivity contribution >= 4 is 23.5 Å². The largest absolute Gasteiger partial charge is 0.497 e. The number of nitrogens with zero attached hydrogens (tertiary/aromatic N) is 1. The highest BCUT2D eigenvalue weighted by Gasteiger charge is 1.99. The average molecular weight is 345 g/mol. The molecule has 0 unspecified atom stereocenters. The van der Waals surface area contributed by atoms with E-state index in [1.807, 2.05) is 48.5 Å². The van der Waals surface area contributed by atoms with Crippen LogP contribution in [0.2, 0.25) is 0 Å². The predicted molar refractivity (Wildman–Crippen MR) is 97.9 cm³/mol. The molecule has 6 nitrogen and oxygen atoms in total. The van der Waals surface area contributed by atoms with Crippen molar-refractivity contribution in [3.05, 3.63) is 54.1 Å². The van der Waals surface area contributed by atoms with E-state index in [1.165, 1.54) is 0 Å². The molecule has 0 radical (unpaired) electrons. The molecular weight excluding hydrogens is 326 g/mol. The van der Waals surface area contributed by atoms with E-state index in [-0.39, 0.29) is 5.11 Å². The topological polar surface area (TPSA) is 78.1 Å². The van der Waals surface area contributed by atoms with E-state index in [2.05, 4.69) is 22.7 Å². The number of thiocarbonyl (C=S) groups is 1. The van der Waals surface area contributed by atoms with Crippen LogP contribution in [0, 0.1) is 0 Å². The Labute approximate surface area is 146 Å². The summed E-state index contributed by atoms with van der Waals surface area (Å²) in [6.07, 6.45) is 1.61. The minimum Gasteiger partial charge on any atom is -0.497 e. The molecule has 24 heavy (non-hydrogen) atoms. The van der Waals surface area contributed by atoms with Gasteiger partial charge in [-0.3, -0.25) is 5.43 Å². The number of rotatable bonds is 8. The Hall–Kier alpha value is -2.80. The second kappa shape index (κ2) is 9.36. The van der Waals surface area contributed by atoms with Crippen molar-refractivity contribution in [1.29, 1.82) is 0 Å². The Balaban J connectivity index is 1.79. The van der Waals surface area contributed by atoms with Gasteiger partial charge in [-0.05, 0) is 42.0 Å². The summed E-state index contributed by atoms with van der Waals surface area (Å²) in [7, 11) is 1.62. The first-order valence-electron chi connectivity index (χ1n) is 7.25. The van der Waals surface area contributed by atoms with Gasteiger partial charge in [0.15, 0.2) is 5.11 Å². The van der Waals surface area contributed by atoms with Crippen LogP contribution in [0.15, 0.2) is 53.6 Å². The van der Waals surface area contributed by atoms with E-state index < -0.39 is 0 Å². The lowest BCUT2D eigenvalue weighted by molar-refractivity contribution is 0.216. The molecule has 0 amide bonds. The second-order valence-electron chi connectivity index (χ2n) is 4.68. The minimum atomic E-state index is 0.119. The van der Waals surface area contributed by atoms with E-state index in [0.29, 0.717) is 13.2 Å². The average Bonchev–Trinajstić information content (AvgIpc) is 2.59. The van der Waals surface area contributed by atoms with Crippen LogP contribution >= 0.6 is 12.2 Å². The van der Waals surface area contributed by atoms with E-state index in [0.717, 1.165) is 22.8 Å². The number of nitrogens with one attached hydrogen (secondary N) is 1. The fourth-order valence-corrected chi connectivity index (χ4v) is 1.92. The van der Waals surface area contributed by atoms with Crippen LogP contribution in [-0.4, -0.2) is 31.7 Å². The molecule has 0 aromatic heterocycles. The molecule has 0 saturated carbocycles. The van der Waals surface area contributed by atoms with Crippen molar-refractivity contribution in [2.45, 2.75) is 0 Å². The number of methoxy groups -OCH3 is 1. The summed E-state index contributed by atoms with van der Waals surface area (Å²) in [5.41, 5.74) is 8.66. The summed E-state index contributed by atoms with van der Waals surface area (Å²) in [6.45, 7) is 0.845. The Kier molecular flexibility index (Phi) is 6.85. The zero-order valence-electron chi connectivity index (χ0n) is 13.3. The first kappa shape index (κ1) is 17.6. The van der Waals surface area contributed by atoms with Gasteiger partial charge < -0.3 is 19.9 Å². The fourth-order valence-electron chi connectivity index (χ4n) is 1.87. The maximum absolute atomic E-state index is 5.66. The number of hydrogen-bond acceptors (Lipinski definition) is 5. The van der Waals surface area contributed by atoms with Crippen LogP contribution in [0.5, 0.6) is 17.2 Å². The molecule has 3 N–H and O–H groups in total. The molecule has 0 atom stereocenters. The predicted octanol–water partition coefficient (Wildman–Crippen LogP) is 2.32. The number of hydrazone groups is 1. The van der Waals surface area contributed by atoms with E-state index in [9.17, 15) is 0 Å². The van der Waals surface area contributed by atoms with E-state index >= 15 is 0 Å². The molecule has 2 rings (SSSR count). The maximum atomic E-state index is 5.66. The number of benzene rings is 2. The highest BCUT2D eigenvalue weighted by molar-refractivity contribution is 7.80. The van der Waals surface area contributed by atoms with Gasteiger partial charge in [0.1, 0.15) is 30.5 Å². The Bertz CT molecular complexity index is 707. The number of nitrogens with two attached hydrogens (primary N) is 1. The maximum Gasteiger partial charge on any atom is 0.184 e. The highest BCUT2D eigenvalue weighted by Crippen LogP contribution is 2.18. The fraction of sp³-hybridized carbons (Fsp3) is 0.176. The molecule has 0 saturated heterocycles. The van der Waals surface area contributed by atoms with Gasteiger partial charge >= 0.3 is 0 Å². The lowest BCUT2D eigenvalue weighted by Gasteiger charge is -2.09. The molecule has 0 heterocycles. The van der Waals surface area contributed by atoms with Crippen LogP contribution in [0.25, 0.3) is 0 Å². The molecule has 126 valence electrons. The van der Waals surface area contributed by atoms with Gasteiger partial charge in [-0.15, -0.1) is 0 Å². The lowest BCUT2D eigenvalue weighted by atomic mass is 10.2. The van der Waals surface area contributed by atoms with E-state index in [1.54, 1.807) is 13.3 Å². The zero-order valence-corrected chi connectivity index (χ0v) is 14.1. The summed E-state index contributed by atoms with van der Waals surface area (Å²) in [4.78, 5) is 0. The van der Waals surface area contributed by atoms with Crippen LogP contribution in [0.4, 0.5) is 0 Å². The third-order valence-electron chi connectivity index (χ3n) is 2.91. The summed E-state index contributed by atoms with van der Waals surface area (Å²) >= 11 is 4.67. The van der Waals surface area contributed by atoms with Crippen LogP contribution in [-0.2, 0) is 0 Å². The zero-order chi connectivity index (χ0) is 17.2. The van der Waals surface area contributed by atoms with Gasteiger partial charge in [0.05, 0.1) is 13.3 Å². The van der Waals surface area contributed by atoms with Gasteiger partial charge in [0.25, 0.3) is 0 Å². The van der Waals surface area contributed by atoms with Crippen molar-refractivity contribution in [3.8, 4) is 17.2 Å². The van der Waals surface area contributed by atoms with Crippen LogP contribution in [0.1, 0.15) is 5.56 Å². The molecule has 0 spiro atoms. The summed E-state index contributed by atoms with van der Waals surface area (Å²) < 4.78 is 16.4. The first-order chi connectivity index (χ1) is 11.7. The third-order valence-corrected chi connectivity index (χ3v) is 3.00. The molecule has 0 aliphatic heterocycles. The third kappa shape index (κ3) is 6.13. The molecule has 0 fully saturated rings. The second-order valence-corrected chi connectivity index (χ2v) is 5.12. The van der Waals surface area contributed by atoms with Gasteiger partial charge in [0, 0.05) is 6.07 Å². The van der Waals surface area contributed by atoms with Crippen molar-refractivity contribution in [1.82, 2.24) is 5.43 Å². The Morgan fingerprint density at radius 1 is 1.08 bits per heavy atom. The summed E-state index contributed by atoms with van der Waals surface area (Å²) in [5.74, 6) is 2.22. The molecule has 2 aromatic rings. The Morgan fingerprint density at radius 3 is 2.38 bits per heavy atom. The van der Waals surface area contributed by atoms with Crippen LogP contribution in [0.3, 0.4) is 0 Å². The highest BCUT2D eigenvalue weighted by atomic mass is 32.1. The van der Waals surface area contributed by atoms with Gasteiger partial charge in [-0.2, -0.15) is 5.10 Å². The van der Waals surface area contributed by atoms with Gasteiger partial charge in [0.2, 0.25) is 0 Å². The summed E-state index contributed by atoms with van der Waals surface area (Å²) in [6, 6.07) is 14.9. The summed E-state index contributed by atoms with van der Waals surface area (Å²) in [5, 5.41) is 4.02. The standard InChI is InChI=1S/C17H19N3O3S/c1-21-14-5-3-7-16(11-14)23-9-8-22-15-6-2-4-13(10-15)12-19-20-17(18)24/h2-7,10-12H,8-9H2,1H3,(H3,18,20,24)/b19-12+. The quantitative estimate of drug-likeness (QED) is 0.331. The van der Waals surface area contributed by atoms with Crippen molar-refractivity contribution in [2.24, 2.45) is 10.8 Å². The van der Waals surface area contributed by atoms with Crippen molar-refractivity contribution in [3.63, 3.8) is 0 Å². The molecule has 7 heteroatoms. The normalized spacial score (nSPS) is 10.4. The van der Waals surface area contributed by atoms with Crippen molar-refractivity contribution < 1.29 is 14.2 Å². The molecular formula is C17H19N3O3S.